The monoisotopic (exact) mass is 821 g/mol. The number of likely N-dealkylation sites (tertiary alicyclic amines) is 2. The Balaban J connectivity index is 1.16. The van der Waals surface area contributed by atoms with E-state index in [9.17, 15) is 27.6 Å². The first-order valence-electron chi connectivity index (χ1n) is 19.3. The van der Waals surface area contributed by atoms with E-state index in [-0.39, 0.29) is 28.8 Å². The van der Waals surface area contributed by atoms with Gasteiger partial charge in [-0.25, -0.2) is 31.9 Å². The number of aromatic amines is 2. The Labute approximate surface area is 338 Å². The summed E-state index contributed by atoms with van der Waals surface area (Å²) < 4.78 is 35.2. The zero-order chi connectivity index (χ0) is 41.6. The van der Waals surface area contributed by atoms with Crippen molar-refractivity contribution < 1.29 is 37.4 Å². The first-order chi connectivity index (χ1) is 28.3. The summed E-state index contributed by atoms with van der Waals surface area (Å²) in [4.78, 5) is 68.9. The number of hydrogen-bond donors (Lipinski definition) is 5. The maximum Gasteiger partial charge on any atom is 0.407 e. The highest BCUT2D eigenvalue weighted by Gasteiger charge is 2.36. The number of carboxylic acid groups (broad SMARTS) is 1. The van der Waals surface area contributed by atoms with Crippen LogP contribution >= 0.6 is 0 Å². The van der Waals surface area contributed by atoms with Crippen LogP contribution in [0.1, 0.15) is 63.3 Å². The van der Waals surface area contributed by atoms with Crippen molar-refractivity contribution in [2.24, 2.45) is 0 Å². The van der Waals surface area contributed by atoms with Crippen molar-refractivity contribution in [2.45, 2.75) is 68.6 Å². The Hall–Kier alpha value is -6.69. The molecule has 6 aromatic rings. The minimum absolute atomic E-state index is 0.113. The zero-order valence-electron chi connectivity index (χ0n) is 32.5. The van der Waals surface area contributed by atoms with Gasteiger partial charge in [-0.1, -0.05) is 42.5 Å². The third-order valence-corrected chi connectivity index (χ3v) is 12.9. The number of fused-ring (bicyclic) bond motifs is 3. The van der Waals surface area contributed by atoms with E-state index in [1.165, 1.54) is 18.0 Å². The number of imidazole rings is 2. The minimum atomic E-state index is -4.14. The number of methoxy groups -OCH3 is 1. The van der Waals surface area contributed by atoms with E-state index in [1.807, 2.05) is 30.3 Å². The third-order valence-electron chi connectivity index (χ3n) is 11.1. The van der Waals surface area contributed by atoms with Crippen LogP contribution in [-0.2, 0) is 24.3 Å². The molecule has 5 heterocycles. The lowest BCUT2D eigenvalue weighted by Crippen LogP contribution is -2.46. The Morgan fingerprint density at radius 1 is 0.763 bits per heavy atom. The molecule has 3 aromatic heterocycles. The predicted molar refractivity (Wildman–Crippen MR) is 217 cm³/mol. The van der Waals surface area contributed by atoms with Gasteiger partial charge < -0.3 is 40.2 Å². The Morgan fingerprint density at radius 2 is 1.25 bits per heavy atom. The number of hydrogen-bond acceptors (Lipinski definition) is 9. The molecule has 3 aromatic carbocycles. The number of aromatic nitrogens is 5. The molecule has 306 valence electrons. The van der Waals surface area contributed by atoms with Crippen LogP contribution in [0.3, 0.4) is 0 Å². The second-order valence-electron chi connectivity index (χ2n) is 14.8. The van der Waals surface area contributed by atoms with Crippen molar-refractivity contribution in [3.8, 4) is 22.5 Å². The smallest absolute Gasteiger partial charge is 0.407 e. The summed E-state index contributed by atoms with van der Waals surface area (Å²) in [7, 11) is -2.90. The maximum atomic E-state index is 14.6. The number of amides is 4. The molecule has 0 spiro atoms. The molecule has 2 aliphatic rings. The Kier molecular flexibility index (Phi) is 10.3. The number of H-pyrrole nitrogens is 2. The lowest BCUT2D eigenvalue weighted by atomic mass is 10.1. The van der Waals surface area contributed by atoms with Crippen LogP contribution in [0.4, 0.5) is 9.59 Å². The highest BCUT2D eigenvalue weighted by Crippen LogP contribution is 2.39. The van der Waals surface area contributed by atoms with Crippen molar-refractivity contribution >= 4 is 55.8 Å². The highest BCUT2D eigenvalue weighted by atomic mass is 32.2. The van der Waals surface area contributed by atoms with Crippen molar-refractivity contribution in [3.63, 3.8) is 0 Å². The van der Waals surface area contributed by atoms with E-state index in [0.29, 0.717) is 81.9 Å². The normalized spacial score (nSPS) is 17.9. The molecule has 17 nitrogen and oxygen atoms in total. The fourth-order valence-corrected chi connectivity index (χ4v) is 9.79. The molecule has 0 unspecified atom stereocenters. The van der Waals surface area contributed by atoms with Crippen molar-refractivity contribution in [1.29, 1.82) is 0 Å². The van der Waals surface area contributed by atoms with Gasteiger partial charge in [-0.2, -0.15) is 0 Å². The molecule has 0 bridgehead atoms. The summed E-state index contributed by atoms with van der Waals surface area (Å²) in [6.07, 6.45) is 4.15. The van der Waals surface area contributed by atoms with Gasteiger partial charge in [0.05, 0.1) is 58.9 Å². The number of alkyl carbamates (subject to hydrolysis) is 1. The topological polar surface area (TPSA) is 225 Å². The number of nitrogens with zero attached hydrogens (tertiary/aromatic N) is 5. The first-order valence-corrected chi connectivity index (χ1v) is 20.7. The van der Waals surface area contributed by atoms with Crippen molar-refractivity contribution in [2.75, 3.05) is 20.2 Å². The summed E-state index contributed by atoms with van der Waals surface area (Å²) in [5, 5.41) is 15.3. The summed E-state index contributed by atoms with van der Waals surface area (Å²) in [6.45, 7) is 4.08. The van der Waals surface area contributed by atoms with Crippen LogP contribution in [0.2, 0.25) is 0 Å². The van der Waals surface area contributed by atoms with Gasteiger partial charge in [0.15, 0.2) is 0 Å². The minimum Gasteiger partial charge on any atom is -0.465 e. The van der Waals surface area contributed by atoms with E-state index < -0.39 is 34.3 Å². The molecule has 2 aliphatic heterocycles. The van der Waals surface area contributed by atoms with Gasteiger partial charge in [-0.05, 0) is 63.8 Å². The molecule has 8 rings (SSSR count). The standard InChI is InChI=1S/C41H43N9O8S/c1-23(44-40(53)54)38(51)48-17-7-11-32(48)36-42-21-30(46-36)25-13-15-28-29-16-14-26(20-35(29)50(34(28)19-25)59(56,57)27-9-5-4-6-10-27)31-22-43-37(47-31)33-12-8-18-49(33)39(52)24(2)45-41(55)58-3/h4-6,9-10,13-16,19-24,32-33,44H,7-8,11-12,17-18H2,1-3H3,(H,42,46)(H,43,47)(H,45,55)(H,53,54)/t23-,24-,32-,33-/m0/s1. The molecule has 0 saturated carbocycles. The van der Waals surface area contributed by atoms with E-state index in [1.54, 1.807) is 65.5 Å². The molecule has 4 atom stereocenters. The van der Waals surface area contributed by atoms with Crippen molar-refractivity contribution in [1.82, 2.24) is 44.3 Å². The molecule has 2 fully saturated rings. The molecular weight excluding hydrogens is 779 g/mol. The predicted octanol–water partition coefficient (Wildman–Crippen LogP) is 5.54. The summed E-state index contributed by atoms with van der Waals surface area (Å²) in [6, 6.07) is 16.9. The fourth-order valence-electron chi connectivity index (χ4n) is 8.25. The van der Waals surface area contributed by atoms with E-state index >= 15 is 0 Å². The average molecular weight is 822 g/mol. The average Bonchev–Trinajstić information content (AvgIpc) is 4.08. The van der Waals surface area contributed by atoms with E-state index in [0.717, 1.165) is 12.8 Å². The van der Waals surface area contributed by atoms with Crippen LogP contribution in [0.15, 0.2) is 84.0 Å². The summed E-state index contributed by atoms with van der Waals surface area (Å²) in [5.41, 5.74) is 3.50. The fraction of sp³-hybridized carbons (Fsp3) is 0.317. The number of ether oxygens (including phenoxy) is 1. The number of nitrogens with one attached hydrogen (secondary N) is 4. The molecule has 5 N–H and O–H groups in total. The number of carbonyl (C=O) groups excluding carboxylic acids is 3. The lowest BCUT2D eigenvalue weighted by Gasteiger charge is -2.26. The van der Waals surface area contributed by atoms with Crippen LogP contribution in [0.25, 0.3) is 44.3 Å². The van der Waals surface area contributed by atoms with E-state index in [4.69, 9.17) is 5.11 Å². The van der Waals surface area contributed by atoms with Gasteiger partial charge in [-0.3, -0.25) is 9.59 Å². The molecule has 0 radical (unpaired) electrons. The zero-order valence-corrected chi connectivity index (χ0v) is 33.3. The number of benzene rings is 3. The molecule has 4 amide bonds. The molecule has 59 heavy (non-hydrogen) atoms. The quantitative estimate of drug-likeness (QED) is 0.116. The summed E-state index contributed by atoms with van der Waals surface area (Å²) >= 11 is 0. The maximum absolute atomic E-state index is 14.6. The van der Waals surface area contributed by atoms with Crippen LogP contribution in [-0.4, -0.2) is 104 Å². The highest BCUT2D eigenvalue weighted by molar-refractivity contribution is 7.90. The second-order valence-corrected chi connectivity index (χ2v) is 16.6. The Morgan fingerprint density at radius 3 is 1.73 bits per heavy atom. The first kappa shape index (κ1) is 39.2. The summed E-state index contributed by atoms with van der Waals surface area (Å²) in [5.74, 6) is 0.529. The second kappa shape index (κ2) is 15.6. The number of carbonyl (C=O) groups is 4. The van der Waals surface area contributed by atoms with Gasteiger partial charge in [0.1, 0.15) is 23.7 Å². The number of rotatable bonds is 10. The SMILES string of the molecule is COC(=O)N[C@@H](C)C(=O)N1CCC[C@H]1c1ncc(-c2ccc3c4ccc(-c5cnc([C@@H]6CCCN6C(=O)[C@H](C)NC(=O)O)[nH]5)cc4n(S(=O)(=O)c4ccccc4)c3c2)[nH]1. The molecule has 0 aliphatic carbocycles. The molecule has 18 heteroatoms. The van der Waals surface area contributed by atoms with Gasteiger partial charge in [0.25, 0.3) is 10.0 Å². The van der Waals surface area contributed by atoms with Crippen molar-refractivity contribution in [3.05, 3.63) is 90.8 Å². The Bertz CT molecular complexity index is 2710. The third kappa shape index (κ3) is 7.24. The van der Waals surface area contributed by atoms with Gasteiger partial charge in [-0.15, -0.1) is 0 Å². The molecule has 2 saturated heterocycles. The van der Waals surface area contributed by atoms with Gasteiger partial charge in [0, 0.05) is 35.0 Å². The molecular formula is C41H43N9O8S. The van der Waals surface area contributed by atoms with Crippen LogP contribution in [0, 0.1) is 0 Å². The van der Waals surface area contributed by atoms with Gasteiger partial charge in [0.2, 0.25) is 11.8 Å². The van der Waals surface area contributed by atoms with Gasteiger partial charge >= 0.3 is 12.2 Å². The largest absolute Gasteiger partial charge is 0.465 e. The van der Waals surface area contributed by atoms with Crippen LogP contribution in [0.5, 0.6) is 0 Å². The lowest BCUT2D eigenvalue weighted by molar-refractivity contribution is -0.134. The van der Waals surface area contributed by atoms with Crippen LogP contribution < -0.4 is 10.6 Å². The van der Waals surface area contributed by atoms with E-state index in [2.05, 4.69) is 35.3 Å².